The summed E-state index contributed by atoms with van der Waals surface area (Å²) in [4.78, 5) is 180. The van der Waals surface area contributed by atoms with Crippen LogP contribution >= 0.6 is 0 Å². The lowest BCUT2D eigenvalue weighted by Crippen LogP contribution is -2.61. The Bertz CT molecular complexity index is 2820. The number of hydrogen-bond donors (Lipinski definition) is 16. The molecule has 0 spiro atoms. The second-order valence-electron chi connectivity index (χ2n) is 21.8. The Hall–Kier alpha value is -9.34. The Kier molecular flexibility index (Phi) is 32.3. The Morgan fingerprint density at radius 1 is 0.700 bits per heavy atom. The lowest BCUT2D eigenvalue weighted by molar-refractivity contribution is -0.142. The summed E-state index contributed by atoms with van der Waals surface area (Å²) >= 11 is 0. The number of benzene rings is 1. The van der Waals surface area contributed by atoms with E-state index in [1.807, 2.05) is 0 Å². The van der Waals surface area contributed by atoms with Crippen molar-refractivity contribution in [2.45, 2.75) is 179 Å². The summed E-state index contributed by atoms with van der Waals surface area (Å²) in [5.74, 6) is -13.9. The van der Waals surface area contributed by atoms with Crippen molar-refractivity contribution in [3.8, 4) is 0 Å². The van der Waals surface area contributed by atoms with Crippen LogP contribution in [0.2, 0.25) is 0 Å². The van der Waals surface area contributed by atoms with E-state index in [4.69, 9.17) is 17.2 Å². The summed E-state index contributed by atoms with van der Waals surface area (Å²) in [5, 5.41) is 62.5. The van der Waals surface area contributed by atoms with E-state index < -0.39 is 163 Å². The van der Waals surface area contributed by atoms with Crippen LogP contribution in [0.1, 0.15) is 117 Å². The molecule has 0 fully saturated rings. The highest BCUT2D eigenvalue weighted by molar-refractivity contribution is 5.99. The number of carbonyl (C=O) groups is 13. The molecule has 34 heteroatoms. The van der Waals surface area contributed by atoms with Crippen LogP contribution in [0.25, 0.3) is 0 Å². The number of rotatable bonds is 19. The van der Waals surface area contributed by atoms with E-state index in [0.717, 1.165) is 11.8 Å². The van der Waals surface area contributed by atoms with E-state index in [2.05, 4.69) is 68.5 Å². The van der Waals surface area contributed by atoms with Gasteiger partial charge in [-0.3, -0.25) is 72.0 Å². The van der Waals surface area contributed by atoms with Crippen molar-refractivity contribution >= 4 is 82.9 Å². The molecule has 0 aliphatic carbocycles. The zero-order chi connectivity index (χ0) is 67.0. The minimum atomic E-state index is -1.97. The monoisotopic (exact) mass is 1270 g/mol. The van der Waals surface area contributed by atoms with Crippen LogP contribution in [-0.2, 0) is 81.8 Å². The van der Waals surface area contributed by atoms with Crippen LogP contribution in [0, 0.1) is 5.92 Å². The van der Waals surface area contributed by atoms with E-state index >= 15 is 0 Å². The number of nitrogens with zero attached hydrogens (tertiary/aromatic N) is 5. The maximum absolute atomic E-state index is 14.2. The van der Waals surface area contributed by atoms with Gasteiger partial charge in [-0.15, -0.1) is 5.10 Å². The van der Waals surface area contributed by atoms with E-state index in [0.29, 0.717) is 50.6 Å². The highest BCUT2D eigenvalue weighted by Gasteiger charge is 2.36. The molecule has 2 bridgehead atoms. The van der Waals surface area contributed by atoms with Crippen LogP contribution in [-0.4, -0.2) is 205 Å². The topological polar surface area (TPSA) is 527 Å². The first kappa shape index (κ1) is 74.9. The van der Waals surface area contributed by atoms with Gasteiger partial charge in [0, 0.05) is 25.9 Å². The number of nitrogens with two attached hydrogens (primary N) is 3. The number of aliphatic imine (C=N–C) groups is 1. The van der Waals surface area contributed by atoms with E-state index in [1.54, 1.807) is 44.2 Å². The normalized spacial score (nSPS) is 23.2. The quantitative estimate of drug-likeness (QED) is 0.0355. The molecule has 1 aromatic heterocycles. The van der Waals surface area contributed by atoms with Crippen molar-refractivity contribution in [1.29, 1.82) is 0 Å². The molecule has 0 saturated heterocycles. The van der Waals surface area contributed by atoms with Crippen molar-refractivity contribution in [2.75, 3.05) is 32.7 Å². The minimum absolute atomic E-state index is 0.00842. The summed E-state index contributed by atoms with van der Waals surface area (Å²) < 4.78 is 1.45. The molecular formula is C56H88N18O16. The van der Waals surface area contributed by atoms with Gasteiger partial charge >= 0.3 is 11.9 Å². The number of hydrogen-bond acceptors (Lipinski definition) is 18. The zero-order valence-electron chi connectivity index (χ0n) is 51.3. The highest BCUT2D eigenvalue weighted by Crippen LogP contribution is 2.13. The second kappa shape index (κ2) is 38.8. The molecule has 10 atom stereocenters. The number of guanidine groups is 1. The molecule has 90 heavy (non-hydrogen) atoms. The largest absolute Gasteiger partial charge is 0.481 e. The number of carbonyl (C=O) groups excluding carboxylic acids is 11. The van der Waals surface area contributed by atoms with Crippen LogP contribution in [0.5, 0.6) is 0 Å². The average molecular weight is 1270 g/mol. The fourth-order valence-corrected chi connectivity index (χ4v) is 9.04. The lowest BCUT2D eigenvalue weighted by Gasteiger charge is -2.28. The van der Waals surface area contributed by atoms with Gasteiger partial charge in [0.2, 0.25) is 65.0 Å². The summed E-state index contributed by atoms with van der Waals surface area (Å²) in [5.41, 5.74) is 17.3. The van der Waals surface area contributed by atoms with E-state index in [9.17, 15) is 77.6 Å². The number of fused-ring (bicyclic) bond motifs is 2. The molecule has 0 unspecified atom stereocenters. The number of unbranched alkanes of at least 4 members (excludes halogenated alkanes) is 1. The van der Waals surface area contributed by atoms with Crippen molar-refractivity contribution in [2.24, 2.45) is 28.1 Å². The summed E-state index contributed by atoms with van der Waals surface area (Å²) in [6, 6.07) is -3.82. The van der Waals surface area contributed by atoms with Crippen molar-refractivity contribution in [3.63, 3.8) is 0 Å². The molecule has 1 aromatic carbocycles. The van der Waals surface area contributed by atoms with Gasteiger partial charge in [-0.1, -0.05) is 62.2 Å². The molecule has 34 nitrogen and oxygen atoms in total. The van der Waals surface area contributed by atoms with Crippen LogP contribution < -0.4 is 70.4 Å². The highest BCUT2D eigenvalue weighted by atomic mass is 16.4. The average Bonchev–Trinajstić information content (AvgIpc) is 3.74. The minimum Gasteiger partial charge on any atom is -0.481 e. The summed E-state index contributed by atoms with van der Waals surface area (Å²) in [7, 11) is 0. The fourth-order valence-electron chi connectivity index (χ4n) is 9.04. The lowest BCUT2D eigenvalue weighted by atomic mass is 9.97. The van der Waals surface area contributed by atoms with Gasteiger partial charge in [0.05, 0.1) is 31.8 Å². The van der Waals surface area contributed by atoms with Crippen molar-refractivity contribution < 1.29 is 77.6 Å². The van der Waals surface area contributed by atoms with E-state index in [1.165, 1.54) is 24.7 Å². The Morgan fingerprint density at radius 3 is 1.96 bits per heavy atom. The molecule has 0 saturated carbocycles. The molecule has 0 radical (unpaired) electrons. The first-order chi connectivity index (χ1) is 42.6. The van der Waals surface area contributed by atoms with Gasteiger partial charge < -0.3 is 90.6 Å². The molecule has 2 heterocycles. The van der Waals surface area contributed by atoms with Crippen LogP contribution in [0.15, 0.2) is 41.5 Å². The van der Waals surface area contributed by atoms with Crippen LogP contribution in [0.3, 0.4) is 0 Å². The maximum atomic E-state index is 14.2. The Balaban J connectivity index is 2.07. The first-order valence-electron chi connectivity index (χ1n) is 29.7. The number of carboxylic acid groups (broad SMARTS) is 2. The third kappa shape index (κ3) is 27.4. The van der Waals surface area contributed by atoms with Crippen molar-refractivity contribution in [1.82, 2.24) is 73.1 Å². The summed E-state index contributed by atoms with van der Waals surface area (Å²) in [6.45, 7) is 4.91. The number of amides is 11. The Labute approximate surface area is 519 Å². The molecule has 19 N–H and O–H groups in total. The van der Waals surface area contributed by atoms with Gasteiger partial charge in [-0.05, 0) is 83.7 Å². The van der Waals surface area contributed by atoms with Gasteiger partial charge in [0.25, 0.3) is 0 Å². The third-order valence-electron chi connectivity index (χ3n) is 14.2. The number of aromatic nitrogens is 3. The summed E-state index contributed by atoms with van der Waals surface area (Å²) in [6.07, 6.45) is 1.17. The molecule has 11 amide bonds. The molecule has 2 aromatic rings. The number of aliphatic hydroxyl groups is 1. The van der Waals surface area contributed by atoms with Gasteiger partial charge in [0.1, 0.15) is 67.1 Å². The van der Waals surface area contributed by atoms with Crippen molar-refractivity contribution in [3.05, 3.63) is 47.8 Å². The predicted octanol–water partition coefficient (Wildman–Crippen LogP) is -5.26. The van der Waals surface area contributed by atoms with Gasteiger partial charge in [0.15, 0.2) is 5.96 Å². The molecule has 498 valence electrons. The first-order valence-corrected chi connectivity index (χ1v) is 29.7. The SMILES string of the molecule is CC[C@H](C)[C@@H]1NC(=O)[C@H](C)NC(=O)[C@H](CCCCN)NC(=O)CCCCCn2cc(nn2)CN(CC(=O)NCC(=O)O)C(=O)[C@H](C)NC(=O)[C@H](Cc2ccccc2)NC(=O)[C@H]([C@@H](C)O)NC(=O)[C@H](CC(=O)O)NC(=O)CNC(=O)[C@H](CCCN=C(N)N)NC1=O. The molecule has 1 aliphatic rings. The van der Waals surface area contributed by atoms with Gasteiger partial charge in [-0.2, -0.15) is 0 Å². The molecular weight excluding hydrogens is 1180 g/mol. The smallest absolute Gasteiger partial charge is 0.322 e. The third-order valence-corrected chi connectivity index (χ3v) is 14.2. The maximum Gasteiger partial charge on any atom is 0.322 e. The number of nitrogens with one attached hydrogen (secondary N) is 10. The van der Waals surface area contributed by atoms with Gasteiger partial charge in [-0.25, -0.2) is 0 Å². The number of carboxylic acids is 2. The Morgan fingerprint density at radius 2 is 1.31 bits per heavy atom. The number of aliphatic hydroxyl groups excluding tert-OH is 1. The fraction of sp³-hybridized carbons (Fsp3) is 0.607. The standard InChI is InChI=1S/C56H88N18O16/c1-6-31(2)46-53(88)67-37(19-15-22-60-56(58)59)49(84)62-26-42(77)66-40(25-44(79)80)52(87)70-47(34(5)75)54(89)68-39(24-35-16-9-7-10-17-35)51(86)64-33(4)55(90)73(30-43(78)61-27-45(81)82)28-36-29-74(72-71-36)23-14-8-11-20-41(76)65-38(18-12-13-21-57)50(85)63-32(3)48(83)69-46/h7,9-10,16-17,29,31-34,37-40,46-47,75H,6,8,11-15,18-28,30,57H2,1-5H3,(H,61,78)(H,62,84)(H,63,85)(H,64,86)(H,65,76)(H,66,77)(H,67,88)(H,68,89)(H,69,83)(H,70,87)(H,79,80)(H,81,82)(H4,58,59,60)/t31-,32-,33-,34+,37-,38-,39-,40-,46-,47-/m0/s1. The number of aryl methyl sites for hydroxylation is 1. The zero-order valence-corrected chi connectivity index (χ0v) is 51.3. The predicted molar refractivity (Wildman–Crippen MR) is 321 cm³/mol. The second-order valence-corrected chi connectivity index (χ2v) is 21.8. The van der Waals surface area contributed by atoms with E-state index in [-0.39, 0.29) is 63.4 Å². The molecule has 3 rings (SSSR count). The van der Waals surface area contributed by atoms with Crippen LogP contribution in [0.4, 0.5) is 0 Å². The molecule has 1 aliphatic heterocycles. The number of aliphatic carboxylic acids is 2.